The van der Waals surface area contributed by atoms with Crippen LogP contribution in [0.5, 0.6) is 0 Å². The number of likely N-dealkylation sites (tertiary alicyclic amines) is 1. The second-order valence-electron chi connectivity index (χ2n) is 7.10. The minimum atomic E-state index is -3.06. The van der Waals surface area contributed by atoms with Gasteiger partial charge in [-0.05, 0) is 33.6 Å². The third-order valence-electron chi connectivity index (χ3n) is 4.24. The van der Waals surface area contributed by atoms with E-state index < -0.39 is 41.3 Å². The number of carboxylic acids is 1. The lowest BCUT2D eigenvalue weighted by molar-refractivity contribution is -0.218. The van der Waals surface area contributed by atoms with E-state index in [0.717, 1.165) is 0 Å². The van der Waals surface area contributed by atoms with Gasteiger partial charge in [0.05, 0.1) is 11.3 Å². The monoisotopic (exact) mass is 305 g/mol. The molecular formula is C14H21F2NO4. The number of rotatable bonds is 1. The molecule has 2 aliphatic rings. The van der Waals surface area contributed by atoms with Crippen molar-refractivity contribution < 1.29 is 28.2 Å². The lowest BCUT2D eigenvalue weighted by Gasteiger charge is -2.56. The molecule has 1 saturated carbocycles. The van der Waals surface area contributed by atoms with Gasteiger partial charge in [0.15, 0.2) is 0 Å². The van der Waals surface area contributed by atoms with Crippen molar-refractivity contribution in [3.63, 3.8) is 0 Å². The number of carboxylic acid groups (broad SMARTS) is 1. The van der Waals surface area contributed by atoms with Crippen LogP contribution in [0.2, 0.25) is 0 Å². The van der Waals surface area contributed by atoms with Crippen LogP contribution in [0.1, 0.15) is 40.0 Å². The summed E-state index contributed by atoms with van der Waals surface area (Å²) in [6.45, 7) is 5.01. The van der Waals surface area contributed by atoms with Crippen molar-refractivity contribution in [2.75, 3.05) is 13.1 Å². The maximum atomic E-state index is 14.2. The van der Waals surface area contributed by atoms with E-state index in [2.05, 4.69) is 0 Å². The topological polar surface area (TPSA) is 66.8 Å². The van der Waals surface area contributed by atoms with Crippen molar-refractivity contribution in [2.45, 2.75) is 51.6 Å². The first kappa shape index (κ1) is 16.0. The van der Waals surface area contributed by atoms with Gasteiger partial charge in [-0.15, -0.1) is 0 Å². The number of hydrogen-bond donors (Lipinski definition) is 1. The quantitative estimate of drug-likeness (QED) is 0.809. The molecule has 1 unspecified atom stereocenters. The summed E-state index contributed by atoms with van der Waals surface area (Å²) in [5.74, 6) is -5.23. The molecule has 0 aromatic heterocycles. The summed E-state index contributed by atoms with van der Waals surface area (Å²) in [4.78, 5) is 24.0. The summed E-state index contributed by atoms with van der Waals surface area (Å²) in [5.41, 5.74) is -1.95. The van der Waals surface area contributed by atoms with Crippen molar-refractivity contribution in [3.8, 4) is 0 Å². The first-order chi connectivity index (χ1) is 9.46. The summed E-state index contributed by atoms with van der Waals surface area (Å²) in [6, 6.07) is 0. The Morgan fingerprint density at radius 3 is 2.29 bits per heavy atom. The second kappa shape index (κ2) is 4.81. The van der Waals surface area contributed by atoms with E-state index >= 15 is 0 Å². The highest BCUT2D eigenvalue weighted by Crippen LogP contribution is 2.55. The number of hydrogen-bond acceptors (Lipinski definition) is 3. The van der Waals surface area contributed by atoms with E-state index in [0.29, 0.717) is 0 Å². The van der Waals surface area contributed by atoms with Gasteiger partial charge >= 0.3 is 12.1 Å². The summed E-state index contributed by atoms with van der Waals surface area (Å²) < 4.78 is 33.6. The van der Waals surface area contributed by atoms with Crippen LogP contribution in [0.3, 0.4) is 0 Å². The molecule has 1 N–H and O–H groups in total. The molecule has 120 valence electrons. The highest BCUT2D eigenvalue weighted by Gasteiger charge is 2.64. The number of ether oxygens (including phenoxy) is 1. The molecule has 0 aromatic rings. The SMILES string of the molecule is CC(C)(C)OC(=O)N1CC2(CCC(C(=O)O)CC2(F)F)C1. The highest BCUT2D eigenvalue weighted by atomic mass is 19.3. The zero-order chi connectivity index (χ0) is 16.1. The third-order valence-corrected chi connectivity index (χ3v) is 4.24. The summed E-state index contributed by atoms with van der Waals surface area (Å²) in [7, 11) is 0. The lowest BCUT2D eigenvalue weighted by Crippen LogP contribution is -2.68. The minimum absolute atomic E-state index is 0.0682. The van der Waals surface area contributed by atoms with Gasteiger partial charge in [0, 0.05) is 19.5 Å². The van der Waals surface area contributed by atoms with Crippen LogP contribution in [-0.4, -0.2) is 46.7 Å². The number of carbonyl (C=O) groups excluding carboxylic acids is 1. The maximum absolute atomic E-state index is 14.2. The molecule has 1 saturated heterocycles. The van der Waals surface area contributed by atoms with Crippen LogP contribution in [0.4, 0.5) is 13.6 Å². The van der Waals surface area contributed by atoms with E-state index in [-0.39, 0.29) is 25.9 Å². The Labute approximate surface area is 122 Å². The first-order valence-electron chi connectivity index (χ1n) is 7.04. The molecule has 0 bridgehead atoms. The van der Waals surface area contributed by atoms with E-state index in [1.807, 2.05) is 0 Å². The molecule has 1 aliphatic heterocycles. The van der Waals surface area contributed by atoms with E-state index in [9.17, 15) is 18.4 Å². The number of nitrogens with zero attached hydrogens (tertiary/aromatic N) is 1. The van der Waals surface area contributed by atoms with Gasteiger partial charge in [-0.1, -0.05) is 0 Å². The number of amides is 1. The normalized spacial score (nSPS) is 27.1. The average Bonchev–Trinajstić information content (AvgIpc) is 2.21. The fourth-order valence-corrected chi connectivity index (χ4v) is 3.00. The Hall–Kier alpha value is -1.40. The average molecular weight is 305 g/mol. The molecule has 2 rings (SSSR count). The van der Waals surface area contributed by atoms with Gasteiger partial charge in [0.25, 0.3) is 5.92 Å². The van der Waals surface area contributed by atoms with E-state index in [1.54, 1.807) is 20.8 Å². The molecule has 0 radical (unpaired) electrons. The standard InChI is InChI=1S/C14H21F2NO4/c1-12(2,3)21-11(20)17-7-13(8-17)5-4-9(10(18)19)6-14(13,15)16/h9H,4-8H2,1-3H3,(H,18,19). The minimum Gasteiger partial charge on any atom is -0.481 e. The smallest absolute Gasteiger partial charge is 0.410 e. The van der Waals surface area contributed by atoms with Crippen LogP contribution < -0.4 is 0 Å². The fourth-order valence-electron chi connectivity index (χ4n) is 3.00. The van der Waals surface area contributed by atoms with E-state index in [1.165, 1.54) is 4.90 Å². The Kier molecular flexibility index (Phi) is 3.66. The van der Waals surface area contributed by atoms with Crippen LogP contribution in [0, 0.1) is 11.3 Å². The van der Waals surface area contributed by atoms with Crippen molar-refractivity contribution in [3.05, 3.63) is 0 Å². The highest BCUT2D eigenvalue weighted by molar-refractivity contribution is 5.71. The third kappa shape index (κ3) is 2.96. The Balaban J connectivity index is 1.98. The number of halogens is 2. The molecule has 0 aromatic carbocycles. The van der Waals surface area contributed by atoms with Gasteiger partial charge in [0.2, 0.25) is 0 Å². The largest absolute Gasteiger partial charge is 0.481 e. The zero-order valence-corrected chi connectivity index (χ0v) is 12.5. The van der Waals surface area contributed by atoms with Gasteiger partial charge in [-0.25, -0.2) is 13.6 Å². The number of aliphatic carboxylic acids is 1. The van der Waals surface area contributed by atoms with Crippen LogP contribution in [0.25, 0.3) is 0 Å². The number of carbonyl (C=O) groups is 2. The molecule has 1 aliphatic carbocycles. The maximum Gasteiger partial charge on any atom is 0.410 e. The Morgan fingerprint density at radius 1 is 1.29 bits per heavy atom. The summed E-state index contributed by atoms with van der Waals surface area (Å²) in [6.07, 6.45) is -0.891. The van der Waals surface area contributed by atoms with Crippen LogP contribution in [0.15, 0.2) is 0 Å². The van der Waals surface area contributed by atoms with Crippen molar-refractivity contribution >= 4 is 12.1 Å². The molecule has 21 heavy (non-hydrogen) atoms. The molecule has 1 amide bonds. The van der Waals surface area contributed by atoms with E-state index in [4.69, 9.17) is 9.84 Å². The molecule has 1 heterocycles. The van der Waals surface area contributed by atoms with Crippen molar-refractivity contribution in [1.29, 1.82) is 0 Å². The lowest BCUT2D eigenvalue weighted by atomic mass is 9.63. The van der Waals surface area contributed by atoms with Gasteiger partial charge < -0.3 is 14.7 Å². The molecule has 2 fully saturated rings. The Morgan fingerprint density at radius 2 is 1.86 bits per heavy atom. The number of alkyl halides is 2. The second-order valence-corrected chi connectivity index (χ2v) is 7.10. The fraction of sp³-hybridized carbons (Fsp3) is 0.857. The van der Waals surface area contributed by atoms with Crippen molar-refractivity contribution in [1.82, 2.24) is 4.90 Å². The Bertz CT molecular complexity index is 452. The first-order valence-corrected chi connectivity index (χ1v) is 7.04. The summed E-state index contributed by atoms with van der Waals surface area (Å²) in [5, 5.41) is 8.88. The van der Waals surface area contributed by atoms with Crippen LogP contribution in [-0.2, 0) is 9.53 Å². The molecule has 1 atom stereocenters. The van der Waals surface area contributed by atoms with Gasteiger partial charge in [-0.2, -0.15) is 0 Å². The molecule has 5 nitrogen and oxygen atoms in total. The molecule has 7 heteroatoms. The predicted octanol–water partition coefficient (Wildman–Crippen LogP) is 2.74. The van der Waals surface area contributed by atoms with Gasteiger partial charge in [-0.3, -0.25) is 4.79 Å². The summed E-state index contributed by atoms with van der Waals surface area (Å²) >= 11 is 0. The molecular weight excluding hydrogens is 284 g/mol. The van der Waals surface area contributed by atoms with Crippen molar-refractivity contribution in [2.24, 2.45) is 11.3 Å². The molecule has 1 spiro atoms. The van der Waals surface area contributed by atoms with Crippen LogP contribution >= 0.6 is 0 Å². The zero-order valence-electron chi connectivity index (χ0n) is 12.5. The van der Waals surface area contributed by atoms with Gasteiger partial charge in [0.1, 0.15) is 5.60 Å². The predicted molar refractivity (Wildman–Crippen MR) is 70.2 cm³/mol.